The van der Waals surface area contributed by atoms with Crippen molar-refractivity contribution in [3.05, 3.63) is 52.0 Å². The molecule has 0 spiro atoms. The van der Waals surface area contributed by atoms with Crippen LogP contribution in [0.5, 0.6) is 0 Å². The molecule has 0 atom stereocenters. The third-order valence-corrected chi connectivity index (χ3v) is 7.38. The summed E-state index contributed by atoms with van der Waals surface area (Å²) in [6.07, 6.45) is 0. The van der Waals surface area contributed by atoms with Crippen molar-refractivity contribution in [3.63, 3.8) is 0 Å². The molecule has 1 saturated heterocycles. The summed E-state index contributed by atoms with van der Waals surface area (Å²) in [6.45, 7) is 2.46. The van der Waals surface area contributed by atoms with Crippen molar-refractivity contribution in [2.75, 3.05) is 37.4 Å². The van der Waals surface area contributed by atoms with Crippen LogP contribution in [0.25, 0.3) is 10.2 Å². The number of rotatable bonds is 5. The van der Waals surface area contributed by atoms with Gasteiger partial charge in [0.15, 0.2) is 4.34 Å². The Kier molecular flexibility index (Phi) is 6.80. The maximum atomic E-state index is 12.5. The predicted molar refractivity (Wildman–Crippen MR) is 122 cm³/mol. The quantitative estimate of drug-likeness (QED) is 0.529. The number of carbonyl (C=O) groups is 2. The fraction of sp³-hybridized carbons (Fsp3) is 0.250. The Morgan fingerprint density at radius 1 is 1.13 bits per heavy atom. The minimum Gasteiger partial charge on any atom is -0.378 e. The Morgan fingerprint density at radius 3 is 2.70 bits per heavy atom. The number of benzene rings is 2. The van der Waals surface area contributed by atoms with E-state index in [4.69, 9.17) is 27.9 Å². The molecule has 2 heterocycles. The van der Waals surface area contributed by atoms with Crippen LogP contribution in [0.2, 0.25) is 10.0 Å². The van der Waals surface area contributed by atoms with Crippen LogP contribution in [0, 0.1) is 0 Å². The molecule has 10 heteroatoms. The van der Waals surface area contributed by atoms with Crippen LogP contribution in [-0.2, 0) is 9.53 Å². The van der Waals surface area contributed by atoms with Crippen molar-refractivity contribution < 1.29 is 14.3 Å². The summed E-state index contributed by atoms with van der Waals surface area (Å²) in [7, 11) is 0. The average Bonchev–Trinajstić information content (AvgIpc) is 3.16. The molecule has 30 heavy (non-hydrogen) atoms. The van der Waals surface area contributed by atoms with E-state index in [9.17, 15) is 9.59 Å². The van der Waals surface area contributed by atoms with Crippen LogP contribution in [-0.4, -0.2) is 53.8 Å². The van der Waals surface area contributed by atoms with E-state index in [2.05, 4.69) is 10.3 Å². The van der Waals surface area contributed by atoms with Crippen LogP contribution in [0.1, 0.15) is 10.4 Å². The molecule has 2 amide bonds. The molecule has 1 aliphatic heterocycles. The van der Waals surface area contributed by atoms with Gasteiger partial charge in [0.2, 0.25) is 5.91 Å². The molecule has 1 aromatic heterocycles. The summed E-state index contributed by atoms with van der Waals surface area (Å²) in [5.41, 5.74) is 1.91. The van der Waals surface area contributed by atoms with Gasteiger partial charge in [-0.2, -0.15) is 0 Å². The average molecular weight is 482 g/mol. The number of thioether (sulfide) groups is 1. The fourth-order valence-corrected chi connectivity index (χ4v) is 5.22. The zero-order valence-corrected chi connectivity index (χ0v) is 18.8. The summed E-state index contributed by atoms with van der Waals surface area (Å²) < 4.78 is 7.03. The zero-order chi connectivity index (χ0) is 21.1. The summed E-state index contributed by atoms with van der Waals surface area (Å²) >= 11 is 14.8. The van der Waals surface area contributed by atoms with Crippen LogP contribution in [0.4, 0.5) is 5.69 Å². The number of anilines is 1. The van der Waals surface area contributed by atoms with Crippen molar-refractivity contribution >= 4 is 74.0 Å². The van der Waals surface area contributed by atoms with E-state index >= 15 is 0 Å². The van der Waals surface area contributed by atoms with Gasteiger partial charge in [-0.1, -0.05) is 35.0 Å². The smallest absolute Gasteiger partial charge is 0.255 e. The molecule has 156 valence electrons. The molecule has 0 saturated carbocycles. The first-order valence-electron chi connectivity index (χ1n) is 9.15. The first-order valence-corrected chi connectivity index (χ1v) is 11.7. The lowest BCUT2D eigenvalue weighted by Gasteiger charge is -2.26. The summed E-state index contributed by atoms with van der Waals surface area (Å²) in [5, 5.41) is 3.59. The molecular weight excluding hydrogens is 465 g/mol. The first-order chi connectivity index (χ1) is 14.5. The molecule has 2 aromatic carbocycles. The Bertz CT molecular complexity index is 1100. The van der Waals surface area contributed by atoms with Gasteiger partial charge in [0.1, 0.15) is 0 Å². The van der Waals surface area contributed by atoms with Crippen molar-refractivity contribution in [2.24, 2.45) is 0 Å². The molecule has 1 fully saturated rings. The third-order valence-electron chi connectivity index (χ3n) is 4.49. The second-order valence-electron chi connectivity index (χ2n) is 6.53. The Hall–Kier alpha value is -1.84. The van der Waals surface area contributed by atoms with Crippen LogP contribution in [0.3, 0.4) is 0 Å². The monoisotopic (exact) mass is 481 g/mol. The summed E-state index contributed by atoms with van der Waals surface area (Å²) in [5.74, 6) is 0.168. The normalized spacial score (nSPS) is 14.1. The van der Waals surface area contributed by atoms with Gasteiger partial charge in [-0.15, -0.1) is 11.3 Å². The van der Waals surface area contributed by atoms with Gasteiger partial charge >= 0.3 is 0 Å². The lowest BCUT2D eigenvalue weighted by molar-refractivity contribution is -0.132. The number of ether oxygens (including phenoxy) is 1. The van der Waals surface area contributed by atoms with Crippen LogP contribution >= 0.6 is 46.3 Å². The molecule has 3 aromatic rings. The van der Waals surface area contributed by atoms with Gasteiger partial charge < -0.3 is 15.0 Å². The van der Waals surface area contributed by atoms with Gasteiger partial charge in [0, 0.05) is 24.3 Å². The number of fused-ring (bicyclic) bond motifs is 1. The van der Waals surface area contributed by atoms with Gasteiger partial charge in [-0.05, 0) is 36.4 Å². The highest BCUT2D eigenvalue weighted by molar-refractivity contribution is 8.01. The van der Waals surface area contributed by atoms with E-state index < -0.39 is 0 Å². The SMILES string of the molecule is O=C(Nc1ccc2nc(SCC(=O)N3CCOCC3)sc2c1)c1ccc(Cl)c(Cl)c1. The highest BCUT2D eigenvalue weighted by Gasteiger charge is 2.18. The molecule has 0 bridgehead atoms. The highest BCUT2D eigenvalue weighted by atomic mass is 35.5. The number of halogens is 2. The van der Waals surface area contributed by atoms with Crippen LogP contribution in [0.15, 0.2) is 40.7 Å². The highest BCUT2D eigenvalue weighted by Crippen LogP contribution is 2.32. The standard InChI is InChI=1S/C20H17Cl2N3O3S2/c21-14-3-1-12(9-15(14)22)19(27)23-13-2-4-16-17(10-13)30-20(24-16)29-11-18(26)25-5-7-28-8-6-25/h1-4,9-10H,5-8,11H2,(H,23,27). The molecule has 1 aliphatic rings. The Morgan fingerprint density at radius 2 is 1.93 bits per heavy atom. The molecule has 6 nitrogen and oxygen atoms in total. The second-order valence-corrected chi connectivity index (χ2v) is 9.59. The minimum absolute atomic E-state index is 0.0946. The minimum atomic E-state index is -0.275. The van der Waals surface area contributed by atoms with Crippen molar-refractivity contribution in [3.8, 4) is 0 Å². The topological polar surface area (TPSA) is 71.5 Å². The molecule has 1 N–H and O–H groups in total. The van der Waals surface area contributed by atoms with Crippen LogP contribution < -0.4 is 5.32 Å². The number of carbonyl (C=O) groups excluding carboxylic acids is 2. The van der Waals surface area contributed by atoms with Gasteiger partial charge in [0.25, 0.3) is 5.91 Å². The molecule has 4 rings (SSSR count). The van der Waals surface area contributed by atoms with E-state index in [0.717, 1.165) is 14.6 Å². The predicted octanol–water partition coefficient (Wildman–Crippen LogP) is 4.81. The first kappa shape index (κ1) is 21.4. The zero-order valence-electron chi connectivity index (χ0n) is 15.7. The van der Waals surface area contributed by atoms with Gasteiger partial charge in [-0.25, -0.2) is 4.98 Å². The maximum absolute atomic E-state index is 12.5. The lowest BCUT2D eigenvalue weighted by atomic mass is 10.2. The number of thiazole rings is 1. The summed E-state index contributed by atoms with van der Waals surface area (Å²) in [6, 6.07) is 10.3. The molecular formula is C20H17Cl2N3O3S2. The maximum Gasteiger partial charge on any atom is 0.255 e. The van der Waals surface area contributed by atoms with Crippen molar-refractivity contribution in [2.45, 2.75) is 4.34 Å². The van der Waals surface area contributed by atoms with E-state index in [-0.39, 0.29) is 11.8 Å². The Labute approximate surface area is 191 Å². The number of hydrogen-bond acceptors (Lipinski definition) is 6. The number of hydrogen-bond donors (Lipinski definition) is 1. The third kappa shape index (κ3) is 5.07. The fourth-order valence-electron chi connectivity index (χ4n) is 2.91. The number of aromatic nitrogens is 1. The lowest BCUT2D eigenvalue weighted by Crippen LogP contribution is -2.41. The largest absolute Gasteiger partial charge is 0.378 e. The molecule has 0 unspecified atom stereocenters. The molecule has 0 radical (unpaired) electrons. The van der Waals surface area contributed by atoms with E-state index in [1.807, 2.05) is 17.0 Å². The van der Waals surface area contributed by atoms with E-state index in [1.165, 1.54) is 29.2 Å². The van der Waals surface area contributed by atoms with Crippen molar-refractivity contribution in [1.29, 1.82) is 0 Å². The molecule has 0 aliphatic carbocycles. The number of nitrogens with zero attached hydrogens (tertiary/aromatic N) is 2. The number of amides is 2. The van der Waals surface area contributed by atoms with E-state index in [1.54, 1.807) is 18.2 Å². The van der Waals surface area contributed by atoms with Crippen molar-refractivity contribution in [1.82, 2.24) is 9.88 Å². The van der Waals surface area contributed by atoms with Gasteiger partial charge in [-0.3, -0.25) is 9.59 Å². The van der Waals surface area contributed by atoms with Gasteiger partial charge in [0.05, 0.1) is 39.2 Å². The summed E-state index contributed by atoms with van der Waals surface area (Å²) in [4.78, 5) is 31.2. The van der Waals surface area contributed by atoms with E-state index in [0.29, 0.717) is 53.4 Å². The Balaban J connectivity index is 1.41. The number of nitrogens with one attached hydrogen (secondary N) is 1. The number of morpholine rings is 1. The second kappa shape index (κ2) is 9.53.